The fraction of sp³-hybridized carbons (Fsp3) is 0.133. The Morgan fingerprint density at radius 2 is 1.59 bits per heavy atom. The largest absolute Gasteiger partial charge is 0.439 e. The van der Waals surface area contributed by atoms with Crippen LogP contribution in [0, 0.1) is 0 Å². The third-order valence-electron chi connectivity index (χ3n) is 3.39. The molecule has 0 fully saturated rings. The van der Waals surface area contributed by atoms with E-state index in [1.54, 1.807) is 0 Å². The molecule has 27 heavy (non-hydrogen) atoms. The van der Waals surface area contributed by atoms with Crippen LogP contribution in [0.1, 0.15) is 11.1 Å². The minimum Gasteiger partial charge on any atom is -0.340 e. The summed E-state index contributed by atoms with van der Waals surface area (Å²) in [5.74, 6) is -1.50. The lowest BCUT2D eigenvalue weighted by Gasteiger charge is -2.13. The number of hydrogen-bond acceptors (Lipinski definition) is 5. The van der Waals surface area contributed by atoms with Gasteiger partial charge in [-0.2, -0.15) is 26.3 Å². The van der Waals surface area contributed by atoms with Gasteiger partial charge in [-0.15, -0.1) is 0 Å². The van der Waals surface area contributed by atoms with Crippen molar-refractivity contribution in [3.8, 4) is 11.4 Å². The van der Waals surface area contributed by atoms with Gasteiger partial charge in [0.05, 0.1) is 16.7 Å². The Hall–Kier alpha value is -3.31. The molecule has 0 radical (unpaired) electrons. The van der Waals surface area contributed by atoms with Crippen LogP contribution in [0.5, 0.6) is 0 Å². The second kappa shape index (κ2) is 6.45. The summed E-state index contributed by atoms with van der Waals surface area (Å²) < 4.78 is 80.8. The Kier molecular flexibility index (Phi) is 4.41. The van der Waals surface area contributed by atoms with Crippen molar-refractivity contribution < 1.29 is 30.9 Å². The SMILES string of the molecule is O=c1[nH]c(-c2cc(C(F)(F)F)cnc2Nc2ccc(C(F)(F)F)cc2)no1. The molecule has 3 rings (SSSR count). The average molecular weight is 390 g/mol. The van der Waals surface area contributed by atoms with Gasteiger partial charge in [0.25, 0.3) is 0 Å². The standard InChI is InChI=1S/C15H8F6N4O2/c16-14(17,18)7-1-3-9(4-2-7)23-11-10(12-24-13(26)27-25-12)5-8(6-22-11)15(19,20)21/h1-6H,(H,22,23)(H,24,25,26). The number of aromatic amines is 1. The first-order valence-corrected chi connectivity index (χ1v) is 7.12. The quantitative estimate of drug-likeness (QED) is 0.655. The summed E-state index contributed by atoms with van der Waals surface area (Å²) in [7, 11) is 0. The zero-order valence-electron chi connectivity index (χ0n) is 12.9. The highest BCUT2D eigenvalue weighted by molar-refractivity contribution is 5.74. The normalized spacial score (nSPS) is 12.2. The van der Waals surface area contributed by atoms with Crippen LogP contribution < -0.4 is 11.1 Å². The Labute approximate surface area is 145 Å². The number of hydrogen-bond donors (Lipinski definition) is 2. The summed E-state index contributed by atoms with van der Waals surface area (Å²) in [5.41, 5.74) is -2.13. The molecule has 6 nitrogen and oxygen atoms in total. The molecule has 0 saturated heterocycles. The van der Waals surface area contributed by atoms with E-state index in [1.807, 2.05) is 0 Å². The molecule has 142 valence electrons. The molecule has 0 atom stereocenters. The molecule has 0 aliphatic rings. The third-order valence-corrected chi connectivity index (χ3v) is 3.39. The molecule has 0 saturated carbocycles. The average Bonchev–Trinajstić information content (AvgIpc) is 3.00. The van der Waals surface area contributed by atoms with Gasteiger partial charge in [-0.05, 0) is 30.3 Å². The molecule has 0 bridgehead atoms. The zero-order chi connectivity index (χ0) is 19.8. The van der Waals surface area contributed by atoms with Crippen molar-refractivity contribution in [2.45, 2.75) is 12.4 Å². The molecule has 2 N–H and O–H groups in total. The predicted octanol–water partition coefficient (Wildman–Crippen LogP) is 4.21. The number of anilines is 2. The highest BCUT2D eigenvalue weighted by atomic mass is 19.4. The number of nitrogens with one attached hydrogen (secondary N) is 2. The topological polar surface area (TPSA) is 83.8 Å². The van der Waals surface area contributed by atoms with Crippen LogP contribution in [-0.2, 0) is 12.4 Å². The molecule has 3 aromatic rings. The summed E-state index contributed by atoms with van der Waals surface area (Å²) in [5, 5.41) is 5.91. The van der Waals surface area contributed by atoms with E-state index in [2.05, 4.69) is 25.0 Å². The van der Waals surface area contributed by atoms with E-state index >= 15 is 0 Å². The summed E-state index contributed by atoms with van der Waals surface area (Å²) in [4.78, 5) is 16.8. The van der Waals surface area contributed by atoms with Crippen molar-refractivity contribution in [3.05, 3.63) is 58.2 Å². The number of rotatable bonds is 3. The molecule has 2 aromatic heterocycles. The Balaban J connectivity index is 2.01. The van der Waals surface area contributed by atoms with Crippen molar-refractivity contribution in [3.63, 3.8) is 0 Å². The Morgan fingerprint density at radius 3 is 2.11 bits per heavy atom. The Morgan fingerprint density at radius 1 is 0.963 bits per heavy atom. The lowest BCUT2D eigenvalue weighted by molar-refractivity contribution is -0.138. The first-order chi connectivity index (χ1) is 12.5. The summed E-state index contributed by atoms with van der Waals surface area (Å²) in [6.07, 6.45) is -8.71. The second-order valence-electron chi connectivity index (χ2n) is 5.26. The fourth-order valence-electron chi connectivity index (χ4n) is 2.13. The molecular formula is C15H8F6N4O2. The molecule has 2 heterocycles. The molecule has 0 aliphatic carbocycles. The van der Waals surface area contributed by atoms with Crippen LogP contribution in [0.3, 0.4) is 0 Å². The zero-order valence-corrected chi connectivity index (χ0v) is 12.9. The number of benzene rings is 1. The minimum atomic E-state index is -4.71. The molecule has 0 aliphatic heterocycles. The smallest absolute Gasteiger partial charge is 0.340 e. The van der Waals surface area contributed by atoms with E-state index in [1.165, 1.54) is 0 Å². The van der Waals surface area contributed by atoms with Gasteiger partial charge in [0.15, 0.2) is 5.82 Å². The van der Waals surface area contributed by atoms with Crippen molar-refractivity contribution in [2.75, 3.05) is 5.32 Å². The number of pyridine rings is 1. The fourth-order valence-corrected chi connectivity index (χ4v) is 2.13. The Bertz CT molecular complexity index is 1000. The lowest BCUT2D eigenvalue weighted by Crippen LogP contribution is -2.08. The highest BCUT2D eigenvalue weighted by Crippen LogP contribution is 2.35. The molecule has 0 unspecified atom stereocenters. The van der Waals surface area contributed by atoms with Crippen LogP contribution >= 0.6 is 0 Å². The van der Waals surface area contributed by atoms with E-state index in [0.29, 0.717) is 12.3 Å². The number of alkyl halides is 6. The van der Waals surface area contributed by atoms with Gasteiger partial charge in [-0.25, -0.2) is 9.78 Å². The van der Waals surface area contributed by atoms with Gasteiger partial charge >= 0.3 is 18.1 Å². The van der Waals surface area contributed by atoms with Gasteiger partial charge in [0.1, 0.15) is 5.82 Å². The van der Waals surface area contributed by atoms with Crippen LogP contribution in [0.2, 0.25) is 0 Å². The van der Waals surface area contributed by atoms with Gasteiger partial charge < -0.3 is 5.32 Å². The maximum absolute atomic E-state index is 12.9. The van der Waals surface area contributed by atoms with E-state index in [0.717, 1.165) is 24.3 Å². The molecule has 1 aromatic carbocycles. The van der Waals surface area contributed by atoms with Crippen molar-refractivity contribution >= 4 is 11.5 Å². The van der Waals surface area contributed by atoms with Gasteiger partial charge in [-0.3, -0.25) is 9.51 Å². The van der Waals surface area contributed by atoms with Crippen molar-refractivity contribution in [1.29, 1.82) is 0 Å². The van der Waals surface area contributed by atoms with Gasteiger partial charge in [-0.1, -0.05) is 5.16 Å². The van der Waals surface area contributed by atoms with Crippen LogP contribution in [0.4, 0.5) is 37.8 Å². The second-order valence-corrected chi connectivity index (χ2v) is 5.26. The van der Waals surface area contributed by atoms with Gasteiger partial charge in [0, 0.05) is 11.9 Å². The number of H-pyrrole nitrogens is 1. The predicted molar refractivity (Wildman–Crippen MR) is 80.1 cm³/mol. The maximum atomic E-state index is 12.9. The third kappa shape index (κ3) is 4.10. The van der Waals surface area contributed by atoms with E-state index in [4.69, 9.17) is 0 Å². The van der Waals surface area contributed by atoms with Crippen molar-refractivity contribution in [1.82, 2.24) is 15.1 Å². The molecule has 0 spiro atoms. The number of aromatic nitrogens is 3. The van der Waals surface area contributed by atoms with E-state index in [-0.39, 0.29) is 22.9 Å². The van der Waals surface area contributed by atoms with E-state index in [9.17, 15) is 31.1 Å². The molecule has 12 heteroatoms. The van der Waals surface area contributed by atoms with Crippen LogP contribution in [0.25, 0.3) is 11.4 Å². The lowest BCUT2D eigenvalue weighted by atomic mass is 10.1. The first-order valence-electron chi connectivity index (χ1n) is 7.12. The molecular weight excluding hydrogens is 382 g/mol. The molecule has 0 amide bonds. The minimum absolute atomic E-state index is 0.127. The maximum Gasteiger partial charge on any atom is 0.439 e. The van der Waals surface area contributed by atoms with Crippen molar-refractivity contribution in [2.24, 2.45) is 0 Å². The summed E-state index contributed by atoms with van der Waals surface area (Å²) in [6.45, 7) is 0. The highest BCUT2D eigenvalue weighted by Gasteiger charge is 2.33. The first kappa shape index (κ1) is 18.5. The number of halogens is 6. The van der Waals surface area contributed by atoms with Crippen LogP contribution in [-0.4, -0.2) is 15.1 Å². The van der Waals surface area contributed by atoms with Crippen LogP contribution in [0.15, 0.2) is 45.8 Å². The summed E-state index contributed by atoms with van der Waals surface area (Å²) in [6, 6.07) is 4.43. The van der Waals surface area contributed by atoms with Gasteiger partial charge in [0.2, 0.25) is 0 Å². The number of nitrogens with zero attached hydrogens (tertiary/aromatic N) is 2. The van der Waals surface area contributed by atoms with E-state index < -0.39 is 29.2 Å². The summed E-state index contributed by atoms with van der Waals surface area (Å²) >= 11 is 0. The monoisotopic (exact) mass is 390 g/mol.